The van der Waals surface area contributed by atoms with Crippen molar-refractivity contribution in [3.63, 3.8) is 0 Å². The predicted molar refractivity (Wildman–Crippen MR) is 121 cm³/mol. The minimum absolute atomic E-state index is 0.000879. The fraction of sp³-hybridized carbons (Fsp3) is 0.182. The highest BCUT2D eigenvalue weighted by Crippen LogP contribution is 2.25. The van der Waals surface area contributed by atoms with Crippen LogP contribution in [0.1, 0.15) is 0 Å². The van der Waals surface area contributed by atoms with E-state index in [-0.39, 0.29) is 18.9 Å². The number of nitrogens with zero attached hydrogens (tertiary/aromatic N) is 6. The van der Waals surface area contributed by atoms with Gasteiger partial charge in [0.1, 0.15) is 0 Å². The summed E-state index contributed by atoms with van der Waals surface area (Å²) in [7, 11) is 0. The van der Waals surface area contributed by atoms with Crippen molar-refractivity contribution in [3.8, 4) is 0 Å². The summed E-state index contributed by atoms with van der Waals surface area (Å²) < 4.78 is 0. The molecule has 10 heteroatoms. The maximum atomic E-state index is 10.7. The molecule has 2 N–H and O–H groups in total. The van der Waals surface area contributed by atoms with Gasteiger partial charge in [-0.2, -0.15) is 20.5 Å². The summed E-state index contributed by atoms with van der Waals surface area (Å²) in [5.74, 6) is 0. The molecule has 0 saturated heterocycles. The molecule has 32 heavy (non-hydrogen) atoms. The highest BCUT2D eigenvalue weighted by atomic mass is 16.6. The van der Waals surface area contributed by atoms with Crippen LogP contribution in [-0.2, 0) is 0 Å². The molecule has 0 amide bonds. The molecule has 0 atom stereocenters. The second-order valence-electron chi connectivity index (χ2n) is 6.64. The van der Waals surface area contributed by atoms with Gasteiger partial charge in [-0.1, -0.05) is 0 Å². The van der Waals surface area contributed by atoms with Crippen LogP contribution in [0.5, 0.6) is 0 Å². The first kappa shape index (κ1) is 22.7. The first-order valence-electron chi connectivity index (χ1n) is 9.84. The number of anilines is 1. The third-order valence-electron chi connectivity index (χ3n) is 4.43. The fourth-order valence-corrected chi connectivity index (χ4v) is 2.80. The Morgan fingerprint density at radius 3 is 1.34 bits per heavy atom. The molecule has 0 saturated carbocycles. The van der Waals surface area contributed by atoms with Crippen LogP contribution in [-0.4, -0.2) is 41.4 Å². The average Bonchev–Trinajstić information content (AvgIpc) is 2.82. The van der Waals surface area contributed by atoms with Gasteiger partial charge in [-0.25, -0.2) is 0 Å². The molecule has 3 aromatic carbocycles. The summed E-state index contributed by atoms with van der Waals surface area (Å²) in [6, 6.07) is 20.2. The topological polar surface area (TPSA) is 136 Å². The summed E-state index contributed by atoms with van der Waals surface area (Å²) in [5, 5.41) is 45.5. The summed E-state index contributed by atoms with van der Waals surface area (Å²) in [6.45, 7) is 0.889. The molecule has 0 aliphatic carbocycles. The molecule has 3 rings (SSSR count). The Morgan fingerprint density at radius 2 is 1.00 bits per heavy atom. The number of hydrogen-bond donors (Lipinski definition) is 2. The molecule has 0 heterocycles. The van der Waals surface area contributed by atoms with E-state index in [0.717, 1.165) is 5.69 Å². The lowest BCUT2D eigenvalue weighted by atomic mass is 10.2. The number of nitro benzene ring substituents is 1. The number of azo groups is 2. The number of rotatable bonds is 10. The number of aliphatic hydroxyl groups excluding tert-OH is 2. The van der Waals surface area contributed by atoms with Crippen LogP contribution in [0.25, 0.3) is 0 Å². The molecule has 0 fully saturated rings. The quantitative estimate of drug-likeness (QED) is 0.256. The minimum atomic E-state index is -0.466. The molecule has 0 aromatic heterocycles. The van der Waals surface area contributed by atoms with Gasteiger partial charge in [0.2, 0.25) is 0 Å². The van der Waals surface area contributed by atoms with Crippen LogP contribution >= 0.6 is 0 Å². The zero-order valence-corrected chi connectivity index (χ0v) is 17.2. The molecule has 10 nitrogen and oxygen atoms in total. The van der Waals surface area contributed by atoms with Gasteiger partial charge in [0.15, 0.2) is 0 Å². The Balaban J connectivity index is 1.60. The molecule has 0 unspecified atom stereocenters. The van der Waals surface area contributed by atoms with Crippen LogP contribution < -0.4 is 4.90 Å². The van der Waals surface area contributed by atoms with Crippen LogP contribution in [0.3, 0.4) is 0 Å². The van der Waals surface area contributed by atoms with Crippen molar-refractivity contribution in [2.45, 2.75) is 0 Å². The Kier molecular flexibility index (Phi) is 8.07. The smallest absolute Gasteiger partial charge is 0.269 e. The number of aliphatic hydroxyl groups is 2. The summed E-state index contributed by atoms with van der Waals surface area (Å²) in [5.41, 5.74) is 3.32. The van der Waals surface area contributed by atoms with E-state index in [4.69, 9.17) is 10.2 Å². The third-order valence-corrected chi connectivity index (χ3v) is 4.43. The van der Waals surface area contributed by atoms with Gasteiger partial charge in [-0.05, 0) is 60.7 Å². The first-order valence-corrected chi connectivity index (χ1v) is 9.84. The van der Waals surface area contributed by atoms with Gasteiger partial charge in [0, 0.05) is 30.9 Å². The average molecular weight is 434 g/mol. The standard InChI is InChI=1S/C22H22N6O4/c29-15-13-27(14-16-30)21-9-5-19(6-10-21)25-23-17-1-3-18(4-2-17)24-26-20-7-11-22(12-8-20)28(31)32/h1-12,29-30H,13-16H2. The maximum absolute atomic E-state index is 10.7. The van der Waals surface area contributed by atoms with Gasteiger partial charge in [-0.15, -0.1) is 0 Å². The molecule has 0 radical (unpaired) electrons. The van der Waals surface area contributed by atoms with Crippen LogP contribution in [0.15, 0.2) is 93.3 Å². The van der Waals surface area contributed by atoms with Gasteiger partial charge in [0.25, 0.3) is 5.69 Å². The lowest BCUT2D eigenvalue weighted by Crippen LogP contribution is -2.29. The van der Waals surface area contributed by atoms with E-state index in [0.29, 0.717) is 35.8 Å². The van der Waals surface area contributed by atoms with E-state index < -0.39 is 4.92 Å². The van der Waals surface area contributed by atoms with Crippen LogP contribution in [0.4, 0.5) is 34.1 Å². The zero-order chi connectivity index (χ0) is 22.8. The minimum Gasteiger partial charge on any atom is -0.395 e. The molecule has 0 spiro atoms. The lowest BCUT2D eigenvalue weighted by molar-refractivity contribution is -0.384. The summed E-state index contributed by atoms with van der Waals surface area (Å²) in [4.78, 5) is 12.1. The zero-order valence-electron chi connectivity index (χ0n) is 17.2. The highest BCUT2D eigenvalue weighted by molar-refractivity contribution is 5.53. The van der Waals surface area contributed by atoms with Gasteiger partial charge in [-0.3, -0.25) is 10.1 Å². The van der Waals surface area contributed by atoms with Crippen molar-refractivity contribution in [1.29, 1.82) is 0 Å². The molecular formula is C22H22N6O4. The van der Waals surface area contributed by atoms with E-state index in [1.165, 1.54) is 24.3 Å². The lowest BCUT2D eigenvalue weighted by Gasteiger charge is -2.22. The second-order valence-corrected chi connectivity index (χ2v) is 6.64. The second kappa shape index (κ2) is 11.4. The SMILES string of the molecule is O=[N+]([O-])c1ccc(N=Nc2ccc(N=Nc3ccc(N(CCO)CCO)cc3)cc2)cc1. The predicted octanol–water partition coefficient (Wildman–Crippen LogP) is 5.22. The van der Waals surface area contributed by atoms with Crippen LogP contribution in [0.2, 0.25) is 0 Å². The number of hydrogen-bond acceptors (Lipinski definition) is 9. The van der Waals surface area contributed by atoms with Crippen molar-refractivity contribution in [2.75, 3.05) is 31.2 Å². The largest absolute Gasteiger partial charge is 0.395 e. The van der Waals surface area contributed by atoms with Gasteiger partial charge < -0.3 is 15.1 Å². The first-order chi connectivity index (χ1) is 15.6. The van der Waals surface area contributed by atoms with Gasteiger partial charge >= 0.3 is 0 Å². The van der Waals surface area contributed by atoms with Crippen molar-refractivity contribution in [1.82, 2.24) is 0 Å². The number of nitro groups is 1. The summed E-state index contributed by atoms with van der Waals surface area (Å²) in [6.07, 6.45) is 0. The molecule has 164 valence electrons. The van der Waals surface area contributed by atoms with E-state index >= 15 is 0 Å². The molecule has 3 aromatic rings. The van der Waals surface area contributed by atoms with E-state index in [2.05, 4.69) is 20.5 Å². The Labute approximate surface area is 184 Å². The molecular weight excluding hydrogens is 412 g/mol. The highest BCUT2D eigenvalue weighted by Gasteiger charge is 2.05. The normalized spacial score (nSPS) is 11.3. The fourth-order valence-electron chi connectivity index (χ4n) is 2.80. The summed E-state index contributed by atoms with van der Waals surface area (Å²) >= 11 is 0. The Bertz CT molecular complexity index is 1060. The molecule has 0 aliphatic rings. The third kappa shape index (κ3) is 6.49. The van der Waals surface area contributed by atoms with Crippen molar-refractivity contribution >= 4 is 34.1 Å². The maximum Gasteiger partial charge on any atom is 0.269 e. The van der Waals surface area contributed by atoms with E-state index in [1.807, 2.05) is 29.2 Å². The van der Waals surface area contributed by atoms with Crippen LogP contribution in [0, 0.1) is 10.1 Å². The van der Waals surface area contributed by atoms with E-state index in [1.54, 1.807) is 24.3 Å². The monoisotopic (exact) mass is 434 g/mol. The Morgan fingerprint density at radius 1 is 0.656 bits per heavy atom. The van der Waals surface area contributed by atoms with Crippen molar-refractivity contribution < 1.29 is 15.1 Å². The molecule has 0 aliphatic heterocycles. The number of benzene rings is 3. The number of non-ortho nitro benzene ring substituents is 1. The van der Waals surface area contributed by atoms with Gasteiger partial charge in [0.05, 0.1) is 40.9 Å². The van der Waals surface area contributed by atoms with Crippen molar-refractivity contribution in [2.24, 2.45) is 20.5 Å². The van der Waals surface area contributed by atoms with E-state index in [9.17, 15) is 10.1 Å². The van der Waals surface area contributed by atoms with Crippen molar-refractivity contribution in [3.05, 3.63) is 82.9 Å². The molecule has 0 bridgehead atoms. The Hall–Kier alpha value is -4.02.